The van der Waals surface area contributed by atoms with Crippen LogP contribution in [0.25, 0.3) is 33.4 Å². The largest absolute Gasteiger partial charge is 0.768 e. The first-order valence-electron chi connectivity index (χ1n) is 23.5. The van der Waals surface area contributed by atoms with Crippen LogP contribution in [0, 0.1) is 33.6 Å². The van der Waals surface area contributed by atoms with Gasteiger partial charge in [0, 0.05) is 77.9 Å². The van der Waals surface area contributed by atoms with Gasteiger partial charge in [-0.1, -0.05) is 118 Å². The molecule has 356 valence electrons. The first-order chi connectivity index (χ1) is 33.4. The maximum atomic E-state index is 14.6. The van der Waals surface area contributed by atoms with Crippen molar-refractivity contribution in [3.63, 3.8) is 0 Å². The standard InChI is InChI=1S/C57H59N3O5S4/c1-7-9-21-43(8-2)36-58-69(63,64)54-27-17-16-26-51(54)55-49-30-28-44(59(37-66-46-22-12-10-13-23-46)56-39(3)19-18-20-40(56)4)34-52(49)65-53-35-45(29-31-50(53)55)60(38-67-47-24-14-11-15-25-47)57-41(5)32-48(68(61)62)33-42(57)6/h10-20,22-35,43,58H,7-9,21,36-38H2,1-6H3. The maximum absolute atomic E-state index is 14.6. The molecule has 2 unspecified atom stereocenters. The van der Waals surface area contributed by atoms with Crippen LogP contribution in [0.4, 0.5) is 17.1 Å². The number of unbranched alkanes of at least 4 members (excludes halogenated alkanes) is 1. The molecule has 8 rings (SSSR count). The molecule has 2 atom stereocenters. The average Bonchev–Trinajstić information content (AvgIpc) is 3.35. The minimum absolute atomic E-state index is 0.205. The fraction of sp³-hybridized carbons (Fsp3) is 0.246. The molecule has 0 aromatic heterocycles. The fourth-order valence-electron chi connectivity index (χ4n) is 9.17. The summed E-state index contributed by atoms with van der Waals surface area (Å²) in [6.45, 7) is 12.8. The van der Waals surface area contributed by atoms with E-state index in [9.17, 15) is 17.2 Å². The molecule has 12 heteroatoms. The van der Waals surface area contributed by atoms with Gasteiger partial charge in [0.1, 0.15) is 11.3 Å². The van der Waals surface area contributed by atoms with E-state index in [0.717, 1.165) is 96.7 Å². The molecule has 0 fully saturated rings. The van der Waals surface area contributed by atoms with E-state index in [1.54, 1.807) is 47.8 Å². The number of anilines is 2. The SMILES string of the molecule is CCCCC(CC)CNS(=O)(=O)c1ccccc1-c1c2cc/c(=[N+](/CSc3ccccc3)c3c(C)cc(S(=O)[O-])cc3C)cc-2oc2cc(N(CSc3ccccc3)c3c(C)cccc3C)ccc12. The Morgan fingerprint density at radius 3 is 2.03 bits per heavy atom. The summed E-state index contributed by atoms with van der Waals surface area (Å²) in [6.07, 6.45) is 3.95. The van der Waals surface area contributed by atoms with Crippen molar-refractivity contribution < 1.29 is 21.6 Å². The second-order valence-corrected chi connectivity index (χ2v) is 22.2. The van der Waals surface area contributed by atoms with Gasteiger partial charge in [-0.05, 0) is 123 Å². The minimum Gasteiger partial charge on any atom is -0.768 e. The van der Waals surface area contributed by atoms with Gasteiger partial charge in [0.25, 0.3) is 0 Å². The Hall–Kier alpha value is -5.47. The van der Waals surface area contributed by atoms with Crippen molar-refractivity contribution in [1.82, 2.24) is 9.30 Å². The molecule has 0 amide bonds. The summed E-state index contributed by atoms with van der Waals surface area (Å²) in [5.74, 6) is 1.93. The van der Waals surface area contributed by atoms with Gasteiger partial charge in [-0.3, -0.25) is 4.21 Å². The number of fused-ring (bicyclic) bond motifs is 2. The zero-order chi connectivity index (χ0) is 48.7. The number of benzene rings is 7. The highest BCUT2D eigenvalue weighted by Crippen LogP contribution is 2.44. The van der Waals surface area contributed by atoms with E-state index in [4.69, 9.17) is 4.42 Å². The zero-order valence-corrected chi connectivity index (χ0v) is 43.3. The van der Waals surface area contributed by atoms with Crippen LogP contribution in [0.5, 0.6) is 0 Å². The lowest BCUT2D eigenvalue weighted by atomic mass is 9.93. The molecular weight excluding hydrogens is 935 g/mol. The van der Waals surface area contributed by atoms with Crippen molar-refractivity contribution in [2.75, 3.05) is 23.2 Å². The number of thioether (sulfide) groups is 2. The highest BCUT2D eigenvalue weighted by molar-refractivity contribution is 7.99. The summed E-state index contributed by atoms with van der Waals surface area (Å²) in [6, 6.07) is 50.0. The van der Waals surface area contributed by atoms with Gasteiger partial charge in [-0.25, -0.2) is 13.1 Å². The highest BCUT2D eigenvalue weighted by atomic mass is 32.2. The lowest BCUT2D eigenvalue weighted by Crippen LogP contribution is -2.29. The molecule has 6 aromatic carbocycles. The molecule has 0 radical (unpaired) electrons. The fourth-order valence-corrected chi connectivity index (χ4v) is 12.9. The number of para-hydroxylation sites is 1. The molecule has 1 N–H and O–H groups in total. The van der Waals surface area contributed by atoms with Crippen molar-refractivity contribution in [3.05, 3.63) is 179 Å². The quantitative estimate of drug-likeness (QED) is 0.0281. The number of nitrogens with one attached hydrogen (secondary N) is 1. The van der Waals surface area contributed by atoms with Crippen LogP contribution < -0.4 is 19.6 Å². The van der Waals surface area contributed by atoms with E-state index in [-0.39, 0.29) is 15.7 Å². The Labute approximate surface area is 418 Å². The van der Waals surface area contributed by atoms with E-state index in [0.29, 0.717) is 35.2 Å². The van der Waals surface area contributed by atoms with E-state index >= 15 is 0 Å². The molecule has 6 aromatic rings. The lowest BCUT2D eigenvalue weighted by molar-refractivity contribution is 0.444. The number of nitrogens with zero attached hydrogens (tertiary/aromatic N) is 2. The molecule has 1 aliphatic carbocycles. The van der Waals surface area contributed by atoms with E-state index < -0.39 is 21.1 Å². The minimum atomic E-state index is -3.96. The summed E-state index contributed by atoms with van der Waals surface area (Å²) in [4.78, 5) is 5.00. The van der Waals surface area contributed by atoms with Crippen molar-refractivity contribution in [1.29, 1.82) is 0 Å². The smallest absolute Gasteiger partial charge is 0.241 e. The molecular formula is C57H59N3O5S4. The number of sulfonamides is 1. The van der Waals surface area contributed by atoms with Crippen molar-refractivity contribution >= 4 is 72.7 Å². The van der Waals surface area contributed by atoms with Gasteiger partial charge in [0.2, 0.25) is 21.1 Å². The Morgan fingerprint density at radius 2 is 1.38 bits per heavy atom. The summed E-state index contributed by atoms with van der Waals surface area (Å²) >= 11 is 1.03. The Morgan fingerprint density at radius 1 is 0.725 bits per heavy atom. The van der Waals surface area contributed by atoms with Crippen LogP contribution in [0.3, 0.4) is 0 Å². The van der Waals surface area contributed by atoms with Gasteiger partial charge in [-0.15, -0.1) is 11.8 Å². The molecule has 2 aliphatic rings. The summed E-state index contributed by atoms with van der Waals surface area (Å²) in [5.41, 5.74) is 9.52. The second kappa shape index (κ2) is 22.5. The van der Waals surface area contributed by atoms with Crippen LogP contribution in [0.15, 0.2) is 176 Å². The van der Waals surface area contributed by atoms with Crippen molar-refractivity contribution in [2.45, 2.75) is 86.8 Å². The Kier molecular flexibility index (Phi) is 16.3. The third-order valence-electron chi connectivity index (χ3n) is 12.7. The molecule has 1 heterocycles. The average molecular weight is 994 g/mol. The Bertz CT molecular complexity index is 3220. The molecule has 0 bridgehead atoms. The summed E-state index contributed by atoms with van der Waals surface area (Å²) in [5, 5.41) is 1.60. The molecule has 69 heavy (non-hydrogen) atoms. The summed E-state index contributed by atoms with van der Waals surface area (Å²) in [7, 11) is -3.96. The molecule has 0 spiro atoms. The third kappa shape index (κ3) is 11.4. The van der Waals surface area contributed by atoms with Crippen LogP contribution in [0.2, 0.25) is 0 Å². The molecule has 1 aliphatic heterocycles. The van der Waals surface area contributed by atoms with E-state index in [1.807, 2.05) is 68.4 Å². The predicted molar refractivity (Wildman–Crippen MR) is 287 cm³/mol. The first-order valence-corrected chi connectivity index (χ1v) is 28.0. The second-order valence-electron chi connectivity index (χ2n) is 17.5. The molecule has 0 saturated heterocycles. The predicted octanol–water partition coefficient (Wildman–Crippen LogP) is 13.9. The first kappa shape index (κ1) is 49.9. The number of aryl methyl sites for hydroxylation is 4. The monoisotopic (exact) mass is 993 g/mol. The zero-order valence-electron chi connectivity index (χ0n) is 40.0. The van der Waals surface area contributed by atoms with Gasteiger partial charge >= 0.3 is 0 Å². The van der Waals surface area contributed by atoms with Crippen LogP contribution in [-0.4, -0.2) is 35.5 Å². The highest BCUT2D eigenvalue weighted by Gasteiger charge is 2.28. The number of rotatable bonds is 19. The van der Waals surface area contributed by atoms with Crippen molar-refractivity contribution in [3.8, 4) is 22.5 Å². The van der Waals surface area contributed by atoms with Crippen LogP contribution >= 0.6 is 23.5 Å². The third-order valence-corrected chi connectivity index (χ3v) is 16.8. The summed E-state index contributed by atoms with van der Waals surface area (Å²) < 4.78 is 65.8. The van der Waals surface area contributed by atoms with Crippen molar-refractivity contribution in [2.24, 2.45) is 5.92 Å². The number of hydrogen-bond donors (Lipinski definition) is 1. The van der Waals surface area contributed by atoms with Crippen LogP contribution in [0.1, 0.15) is 61.8 Å². The maximum Gasteiger partial charge on any atom is 0.241 e. The normalized spacial score (nSPS) is 13.1. The van der Waals surface area contributed by atoms with Gasteiger partial charge in [0.15, 0.2) is 5.88 Å². The van der Waals surface area contributed by atoms with Crippen LogP contribution in [-0.2, 0) is 21.1 Å². The van der Waals surface area contributed by atoms with E-state index in [2.05, 4.69) is 115 Å². The molecule has 0 saturated carbocycles. The Balaban J connectivity index is 1.38. The molecule has 8 nitrogen and oxygen atoms in total. The lowest BCUT2D eigenvalue weighted by Gasteiger charge is -2.28. The van der Waals surface area contributed by atoms with Gasteiger partial charge in [-0.2, -0.15) is 4.58 Å². The van der Waals surface area contributed by atoms with Gasteiger partial charge < -0.3 is 13.9 Å². The van der Waals surface area contributed by atoms with E-state index in [1.165, 1.54) is 0 Å². The topological polar surface area (TPSA) is 106 Å². The number of hydrogen-bond acceptors (Lipinski definition) is 8. The van der Waals surface area contributed by atoms with Gasteiger partial charge in [0.05, 0.1) is 16.8 Å².